The van der Waals surface area contributed by atoms with E-state index in [9.17, 15) is 4.21 Å². The van der Waals surface area contributed by atoms with Gasteiger partial charge in [-0.3, -0.25) is 0 Å². The molecule has 2 nitrogen and oxygen atoms in total. The van der Waals surface area contributed by atoms with E-state index in [0.717, 1.165) is 23.6 Å². The van der Waals surface area contributed by atoms with Crippen molar-refractivity contribution in [3.63, 3.8) is 0 Å². The number of halogens is 1. The molecule has 2 unspecified atom stereocenters. The highest BCUT2D eigenvalue weighted by Gasteiger charge is 2.18. The Bertz CT molecular complexity index is 338. The molecular formula is C10H12ClNOS. The first-order valence-corrected chi connectivity index (χ1v) is 6.35. The van der Waals surface area contributed by atoms with Crippen LogP contribution in [-0.2, 0) is 11.0 Å². The van der Waals surface area contributed by atoms with Crippen LogP contribution in [0.2, 0.25) is 5.02 Å². The predicted molar refractivity (Wildman–Crippen MR) is 59.6 cm³/mol. The number of rotatable bonds is 1. The lowest BCUT2D eigenvalue weighted by atomic mass is 10.0. The summed E-state index contributed by atoms with van der Waals surface area (Å²) in [5.41, 5.74) is 1.17. The van der Waals surface area contributed by atoms with Gasteiger partial charge in [-0.1, -0.05) is 23.7 Å². The Kier molecular flexibility index (Phi) is 3.21. The second kappa shape index (κ2) is 4.43. The molecule has 76 valence electrons. The topological polar surface area (TPSA) is 29.1 Å². The second-order valence-electron chi connectivity index (χ2n) is 3.41. The maximum atomic E-state index is 11.3. The van der Waals surface area contributed by atoms with Gasteiger partial charge in [0, 0.05) is 16.8 Å². The Hall–Kier alpha value is -0.380. The molecule has 1 saturated heterocycles. The van der Waals surface area contributed by atoms with E-state index in [1.165, 1.54) is 5.56 Å². The number of benzene rings is 1. The monoisotopic (exact) mass is 229 g/mol. The molecule has 0 amide bonds. The molecule has 1 aliphatic heterocycles. The van der Waals surface area contributed by atoms with Crippen LogP contribution in [0, 0.1) is 0 Å². The lowest BCUT2D eigenvalue weighted by Gasteiger charge is -2.22. The first-order valence-electron chi connectivity index (χ1n) is 4.66. The molecule has 0 aliphatic carbocycles. The smallest absolute Gasteiger partial charge is 0.0921 e. The molecule has 2 rings (SSSR count). The van der Waals surface area contributed by atoms with E-state index < -0.39 is 11.0 Å². The van der Waals surface area contributed by atoms with Gasteiger partial charge in [0.2, 0.25) is 0 Å². The largest absolute Gasteiger partial charge is 0.243 e. The number of nitrogens with one attached hydrogen (secondary N) is 1. The molecule has 4 heteroatoms. The zero-order valence-corrected chi connectivity index (χ0v) is 9.27. The minimum absolute atomic E-state index is 0.224. The summed E-state index contributed by atoms with van der Waals surface area (Å²) in [5.74, 6) is 0.768. The summed E-state index contributed by atoms with van der Waals surface area (Å²) in [6, 6.07) is 7.94. The molecule has 1 aromatic rings. The Morgan fingerprint density at radius 1 is 1.36 bits per heavy atom. The average Bonchev–Trinajstić information content (AvgIpc) is 2.19. The van der Waals surface area contributed by atoms with Crippen molar-refractivity contribution in [1.29, 1.82) is 0 Å². The summed E-state index contributed by atoms with van der Waals surface area (Å²) in [4.78, 5) is 0. The van der Waals surface area contributed by atoms with Gasteiger partial charge in [0.25, 0.3) is 0 Å². The highest BCUT2D eigenvalue weighted by atomic mass is 35.5. The van der Waals surface area contributed by atoms with Crippen LogP contribution in [0.15, 0.2) is 24.3 Å². The molecule has 0 saturated carbocycles. The lowest BCUT2D eigenvalue weighted by molar-refractivity contribution is 0.554. The maximum Gasteiger partial charge on any atom is 0.0921 e. The van der Waals surface area contributed by atoms with Crippen LogP contribution in [0.25, 0.3) is 0 Å². The summed E-state index contributed by atoms with van der Waals surface area (Å²) >= 11 is 5.80. The minimum atomic E-state index is -0.859. The van der Waals surface area contributed by atoms with Crippen molar-refractivity contribution < 1.29 is 4.21 Å². The highest BCUT2D eigenvalue weighted by molar-refractivity contribution is 7.83. The van der Waals surface area contributed by atoms with Crippen molar-refractivity contribution in [1.82, 2.24) is 4.72 Å². The highest BCUT2D eigenvalue weighted by Crippen LogP contribution is 2.23. The molecule has 0 radical (unpaired) electrons. The molecule has 1 N–H and O–H groups in total. The zero-order valence-electron chi connectivity index (χ0n) is 7.70. The summed E-state index contributed by atoms with van der Waals surface area (Å²) < 4.78 is 14.4. The van der Waals surface area contributed by atoms with Crippen molar-refractivity contribution in [2.24, 2.45) is 0 Å². The van der Waals surface area contributed by atoms with E-state index in [1.807, 2.05) is 24.3 Å². The lowest BCUT2D eigenvalue weighted by Crippen LogP contribution is -2.30. The van der Waals surface area contributed by atoms with Crippen LogP contribution in [0.4, 0.5) is 0 Å². The molecular weight excluding hydrogens is 218 g/mol. The van der Waals surface area contributed by atoms with Crippen molar-refractivity contribution >= 4 is 22.6 Å². The molecule has 1 aromatic carbocycles. The fraction of sp³-hybridized carbons (Fsp3) is 0.400. The molecule has 2 atom stereocenters. The summed E-state index contributed by atoms with van der Waals surface area (Å²) in [6.07, 6.45) is 2.07. The van der Waals surface area contributed by atoms with Crippen molar-refractivity contribution in [3.8, 4) is 0 Å². The van der Waals surface area contributed by atoms with Crippen molar-refractivity contribution in [2.45, 2.75) is 18.9 Å². The van der Waals surface area contributed by atoms with Gasteiger partial charge < -0.3 is 0 Å². The minimum Gasteiger partial charge on any atom is -0.243 e. The van der Waals surface area contributed by atoms with Crippen LogP contribution < -0.4 is 4.72 Å². The van der Waals surface area contributed by atoms with Gasteiger partial charge in [0.1, 0.15) is 0 Å². The van der Waals surface area contributed by atoms with E-state index in [2.05, 4.69) is 4.72 Å². The SMILES string of the molecule is O=S1CCCC(c2ccc(Cl)cc2)N1. The first kappa shape index (κ1) is 10.1. The fourth-order valence-corrected chi connectivity index (χ4v) is 2.87. The normalized spacial score (nSPS) is 27.5. The van der Waals surface area contributed by atoms with Crippen LogP contribution in [0.5, 0.6) is 0 Å². The fourth-order valence-electron chi connectivity index (χ4n) is 1.62. The van der Waals surface area contributed by atoms with E-state index >= 15 is 0 Å². The standard InChI is InChI=1S/C10H12ClNOS/c11-9-5-3-8(4-6-9)10-2-1-7-14(13)12-10/h3-6,10,12H,1-2,7H2. The van der Waals surface area contributed by atoms with Gasteiger partial charge in [-0.05, 0) is 30.5 Å². The average molecular weight is 230 g/mol. The van der Waals surface area contributed by atoms with Crippen LogP contribution in [0.1, 0.15) is 24.4 Å². The Balaban J connectivity index is 2.14. The third-order valence-corrected chi connectivity index (χ3v) is 3.83. The Labute approximate surface area is 91.2 Å². The third kappa shape index (κ3) is 2.35. The second-order valence-corrected chi connectivity index (χ2v) is 5.19. The van der Waals surface area contributed by atoms with E-state index in [-0.39, 0.29) is 6.04 Å². The van der Waals surface area contributed by atoms with Gasteiger partial charge in [-0.15, -0.1) is 0 Å². The third-order valence-electron chi connectivity index (χ3n) is 2.37. The van der Waals surface area contributed by atoms with Crippen LogP contribution >= 0.6 is 11.6 Å². The molecule has 14 heavy (non-hydrogen) atoms. The molecule has 0 aromatic heterocycles. The zero-order chi connectivity index (χ0) is 9.97. The van der Waals surface area contributed by atoms with E-state index in [0.29, 0.717) is 0 Å². The van der Waals surface area contributed by atoms with Gasteiger partial charge >= 0.3 is 0 Å². The number of hydrogen-bond acceptors (Lipinski definition) is 1. The summed E-state index contributed by atoms with van der Waals surface area (Å²) in [5, 5.41) is 0.741. The molecule has 0 bridgehead atoms. The molecule has 1 aliphatic rings. The van der Waals surface area contributed by atoms with Gasteiger partial charge in [0.05, 0.1) is 11.0 Å². The van der Waals surface area contributed by atoms with Crippen molar-refractivity contribution in [3.05, 3.63) is 34.9 Å². The number of hydrogen-bond donors (Lipinski definition) is 1. The van der Waals surface area contributed by atoms with E-state index in [4.69, 9.17) is 11.6 Å². The van der Waals surface area contributed by atoms with Gasteiger partial charge in [0.15, 0.2) is 0 Å². The van der Waals surface area contributed by atoms with Crippen molar-refractivity contribution in [2.75, 3.05) is 5.75 Å². The van der Waals surface area contributed by atoms with Gasteiger partial charge in [-0.2, -0.15) is 0 Å². The Morgan fingerprint density at radius 3 is 2.71 bits per heavy atom. The molecule has 0 spiro atoms. The maximum absolute atomic E-state index is 11.3. The van der Waals surface area contributed by atoms with E-state index in [1.54, 1.807) is 0 Å². The first-order chi connectivity index (χ1) is 6.75. The predicted octanol–water partition coefficient (Wildman–Crippen LogP) is 2.43. The molecule has 1 heterocycles. The molecule has 1 fully saturated rings. The summed E-state index contributed by atoms with van der Waals surface area (Å²) in [6.45, 7) is 0. The summed E-state index contributed by atoms with van der Waals surface area (Å²) in [7, 11) is -0.859. The quantitative estimate of drug-likeness (QED) is 0.788. The Morgan fingerprint density at radius 2 is 2.07 bits per heavy atom. The van der Waals surface area contributed by atoms with Crippen LogP contribution in [0.3, 0.4) is 0 Å². The van der Waals surface area contributed by atoms with Gasteiger partial charge in [-0.25, -0.2) is 8.93 Å². The van der Waals surface area contributed by atoms with Crippen LogP contribution in [-0.4, -0.2) is 9.96 Å².